The van der Waals surface area contributed by atoms with Crippen molar-refractivity contribution >= 4 is 35.6 Å². The standard InChI is InChI=1S/C23H27N5OS2/c1-16-6-8-18(9-7-16)22-25-26-23(30)28(22)15-21(29)24-20-5-3-4-19(17(20)2)14-27-10-12-31-13-11-27/h3-9H,10-15H2,1-2H3,(H,24,29)(H,26,30). The minimum Gasteiger partial charge on any atom is -0.324 e. The van der Waals surface area contributed by atoms with Crippen LogP contribution in [-0.2, 0) is 17.9 Å². The highest BCUT2D eigenvalue weighted by atomic mass is 32.2. The van der Waals surface area contributed by atoms with Gasteiger partial charge in [-0.3, -0.25) is 19.4 Å². The third-order valence-electron chi connectivity index (χ3n) is 5.59. The molecule has 1 saturated heterocycles. The molecule has 4 rings (SSSR count). The summed E-state index contributed by atoms with van der Waals surface area (Å²) in [7, 11) is 0. The zero-order valence-corrected chi connectivity index (χ0v) is 19.5. The first-order chi connectivity index (χ1) is 15.0. The Bertz CT molecular complexity index is 1110. The number of nitrogens with one attached hydrogen (secondary N) is 2. The van der Waals surface area contributed by atoms with Gasteiger partial charge >= 0.3 is 0 Å². The normalized spacial score (nSPS) is 14.5. The van der Waals surface area contributed by atoms with E-state index in [1.165, 1.54) is 22.6 Å². The number of aryl methyl sites for hydroxylation is 1. The number of hydrogen-bond donors (Lipinski definition) is 2. The maximum absolute atomic E-state index is 12.9. The number of H-pyrrole nitrogens is 1. The number of carbonyl (C=O) groups is 1. The molecule has 1 aliphatic heterocycles. The molecule has 2 heterocycles. The van der Waals surface area contributed by atoms with Crippen LogP contribution in [0.25, 0.3) is 11.4 Å². The van der Waals surface area contributed by atoms with Crippen molar-refractivity contribution < 1.29 is 4.79 Å². The van der Waals surface area contributed by atoms with Gasteiger partial charge in [-0.25, -0.2) is 0 Å². The molecule has 0 aliphatic carbocycles. The van der Waals surface area contributed by atoms with E-state index in [-0.39, 0.29) is 12.5 Å². The van der Waals surface area contributed by atoms with Gasteiger partial charge in [0, 0.05) is 42.4 Å². The van der Waals surface area contributed by atoms with E-state index < -0.39 is 0 Å². The molecule has 8 heteroatoms. The molecule has 1 fully saturated rings. The highest BCUT2D eigenvalue weighted by molar-refractivity contribution is 7.99. The van der Waals surface area contributed by atoms with Crippen molar-refractivity contribution in [1.82, 2.24) is 19.7 Å². The van der Waals surface area contributed by atoms with E-state index in [0.717, 1.165) is 36.4 Å². The Morgan fingerprint density at radius 1 is 1.16 bits per heavy atom. The Kier molecular flexibility index (Phi) is 6.89. The van der Waals surface area contributed by atoms with Gasteiger partial charge in [-0.1, -0.05) is 42.0 Å². The van der Waals surface area contributed by atoms with Gasteiger partial charge in [-0.2, -0.15) is 16.9 Å². The molecule has 0 saturated carbocycles. The van der Waals surface area contributed by atoms with Crippen molar-refractivity contribution in [2.45, 2.75) is 26.9 Å². The van der Waals surface area contributed by atoms with E-state index in [4.69, 9.17) is 12.2 Å². The average molecular weight is 454 g/mol. The summed E-state index contributed by atoms with van der Waals surface area (Å²) in [5.74, 6) is 2.91. The third-order valence-corrected chi connectivity index (χ3v) is 6.84. The van der Waals surface area contributed by atoms with Crippen molar-refractivity contribution in [2.24, 2.45) is 0 Å². The monoisotopic (exact) mass is 453 g/mol. The topological polar surface area (TPSA) is 66.0 Å². The molecular weight excluding hydrogens is 426 g/mol. The maximum Gasteiger partial charge on any atom is 0.244 e. The number of thioether (sulfide) groups is 1. The molecule has 2 aromatic carbocycles. The molecule has 162 valence electrons. The number of carbonyl (C=O) groups excluding carboxylic acids is 1. The second kappa shape index (κ2) is 9.80. The molecule has 1 aliphatic rings. The number of rotatable bonds is 6. The number of hydrogen-bond acceptors (Lipinski definition) is 5. The van der Waals surface area contributed by atoms with Crippen molar-refractivity contribution in [3.8, 4) is 11.4 Å². The van der Waals surface area contributed by atoms with Crippen molar-refractivity contribution in [2.75, 3.05) is 29.9 Å². The molecule has 1 amide bonds. The molecule has 0 bridgehead atoms. The van der Waals surface area contributed by atoms with E-state index >= 15 is 0 Å². The molecule has 0 spiro atoms. The fourth-order valence-corrected chi connectivity index (χ4v) is 4.89. The molecule has 31 heavy (non-hydrogen) atoms. The largest absolute Gasteiger partial charge is 0.324 e. The first-order valence-corrected chi connectivity index (χ1v) is 12.0. The Morgan fingerprint density at radius 2 is 1.90 bits per heavy atom. The zero-order chi connectivity index (χ0) is 21.8. The average Bonchev–Trinajstić information content (AvgIpc) is 3.12. The zero-order valence-electron chi connectivity index (χ0n) is 17.9. The number of aromatic amines is 1. The smallest absolute Gasteiger partial charge is 0.244 e. The highest BCUT2D eigenvalue weighted by Gasteiger charge is 2.16. The molecule has 2 N–H and O–H groups in total. The molecule has 6 nitrogen and oxygen atoms in total. The Hall–Kier alpha value is -2.42. The van der Waals surface area contributed by atoms with Crippen LogP contribution in [0.4, 0.5) is 5.69 Å². The van der Waals surface area contributed by atoms with Crippen LogP contribution in [0.3, 0.4) is 0 Å². The lowest BCUT2D eigenvalue weighted by molar-refractivity contribution is -0.116. The van der Waals surface area contributed by atoms with Gasteiger partial charge in [0.05, 0.1) is 0 Å². The highest BCUT2D eigenvalue weighted by Crippen LogP contribution is 2.23. The Balaban J connectivity index is 1.48. The van der Waals surface area contributed by atoms with Crippen LogP contribution in [0.1, 0.15) is 16.7 Å². The quantitative estimate of drug-likeness (QED) is 0.541. The maximum atomic E-state index is 12.9. The number of aromatic nitrogens is 3. The molecule has 3 aromatic rings. The third kappa shape index (κ3) is 5.26. The van der Waals surface area contributed by atoms with Crippen LogP contribution in [-0.4, -0.2) is 50.2 Å². The SMILES string of the molecule is Cc1ccc(-c2n[nH]c(=S)n2CC(=O)Nc2cccc(CN3CCSCC3)c2C)cc1. The van der Waals surface area contributed by atoms with Crippen LogP contribution < -0.4 is 5.32 Å². The lowest BCUT2D eigenvalue weighted by Crippen LogP contribution is -2.32. The molecule has 1 aromatic heterocycles. The van der Waals surface area contributed by atoms with Crippen LogP contribution in [0.5, 0.6) is 0 Å². The first-order valence-electron chi connectivity index (χ1n) is 10.4. The predicted octanol–water partition coefficient (Wildman–Crippen LogP) is 4.41. The van der Waals surface area contributed by atoms with Gasteiger partial charge in [0.25, 0.3) is 0 Å². The van der Waals surface area contributed by atoms with Crippen molar-refractivity contribution in [3.63, 3.8) is 0 Å². The van der Waals surface area contributed by atoms with Crippen LogP contribution >= 0.6 is 24.0 Å². The van der Waals surface area contributed by atoms with E-state index in [1.807, 2.05) is 55.1 Å². The molecule has 0 radical (unpaired) electrons. The van der Waals surface area contributed by atoms with Gasteiger partial charge in [0.2, 0.25) is 5.91 Å². The first kappa shape index (κ1) is 21.8. The van der Waals surface area contributed by atoms with E-state index in [0.29, 0.717) is 10.6 Å². The summed E-state index contributed by atoms with van der Waals surface area (Å²) in [4.78, 5) is 15.4. The second-order valence-corrected chi connectivity index (χ2v) is 9.44. The van der Waals surface area contributed by atoms with Gasteiger partial charge in [0.1, 0.15) is 6.54 Å². The van der Waals surface area contributed by atoms with Crippen molar-refractivity contribution in [1.29, 1.82) is 0 Å². The molecule has 0 atom stereocenters. The van der Waals surface area contributed by atoms with Crippen LogP contribution in [0.15, 0.2) is 42.5 Å². The van der Waals surface area contributed by atoms with Crippen LogP contribution in [0, 0.1) is 18.6 Å². The number of anilines is 1. The fraction of sp³-hybridized carbons (Fsp3) is 0.348. The second-order valence-electron chi connectivity index (χ2n) is 7.83. The molecule has 0 unspecified atom stereocenters. The van der Waals surface area contributed by atoms with Crippen molar-refractivity contribution in [3.05, 3.63) is 63.9 Å². The van der Waals surface area contributed by atoms with E-state index in [9.17, 15) is 4.79 Å². The van der Waals surface area contributed by atoms with Gasteiger partial charge < -0.3 is 5.32 Å². The summed E-state index contributed by atoms with van der Waals surface area (Å²) < 4.78 is 2.17. The fourth-order valence-electron chi connectivity index (χ4n) is 3.71. The van der Waals surface area contributed by atoms with Crippen LogP contribution in [0.2, 0.25) is 0 Å². The van der Waals surface area contributed by atoms with Gasteiger partial charge in [0.15, 0.2) is 10.6 Å². The number of benzene rings is 2. The lowest BCUT2D eigenvalue weighted by Gasteiger charge is -2.27. The summed E-state index contributed by atoms with van der Waals surface area (Å²) in [5.41, 5.74) is 5.30. The Morgan fingerprint density at radius 3 is 2.65 bits per heavy atom. The van der Waals surface area contributed by atoms with E-state index in [1.54, 1.807) is 4.57 Å². The summed E-state index contributed by atoms with van der Waals surface area (Å²) in [6.07, 6.45) is 0. The summed E-state index contributed by atoms with van der Waals surface area (Å²) in [5, 5.41) is 10.2. The summed E-state index contributed by atoms with van der Waals surface area (Å²) in [6, 6.07) is 14.1. The van der Waals surface area contributed by atoms with Gasteiger partial charge in [-0.05, 0) is 43.3 Å². The summed E-state index contributed by atoms with van der Waals surface area (Å²) in [6.45, 7) is 7.36. The Labute approximate surface area is 192 Å². The minimum absolute atomic E-state index is 0.103. The minimum atomic E-state index is -0.125. The van der Waals surface area contributed by atoms with Gasteiger partial charge in [-0.15, -0.1) is 0 Å². The summed E-state index contributed by atoms with van der Waals surface area (Å²) >= 11 is 7.39. The predicted molar refractivity (Wildman–Crippen MR) is 130 cm³/mol. The molecular formula is C23H27N5OS2. The lowest BCUT2D eigenvalue weighted by atomic mass is 10.1. The van der Waals surface area contributed by atoms with E-state index in [2.05, 4.69) is 33.4 Å². The number of nitrogens with zero attached hydrogens (tertiary/aromatic N) is 3. The number of amides is 1.